The second-order valence-corrected chi connectivity index (χ2v) is 12.1. The van der Waals surface area contributed by atoms with Gasteiger partial charge in [0, 0.05) is 29.6 Å². The molecule has 184 valence electrons. The van der Waals surface area contributed by atoms with E-state index in [4.69, 9.17) is 11.3 Å². The number of nitrogens with zero attached hydrogens (tertiary/aromatic N) is 6. The van der Waals surface area contributed by atoms with Gasteiger partial charge in [-0.1, -0.05) is 11.3 Å². The first-order chi connectivity index (χ1) is 16.7. The number of sulfonamides is 1. The Kier molecular flexibility index (Phi) is 5.12. The smallest absolute Gasteiger partial charge is 0.299 e. The summed E-state index contributed by atoms with van der Waals surface area (Å²) in [5.41, 5.74) is 0.203. The van der Waals surface area contributed by atoms with E-state index in [0.29, 0.717) is 40.8 Å². The minimum Gasteiger partial charge on any atom is -0.380 e. The molecule has 1 saturated carbocycles. The SMILES string of the molecule is [C-]#[N+]C1(NS(=O)(=O)c2cc(N3CCC4(CC3)COC4)c3cnn(-c4nnc(C(F)F)s4)c3c2)CC1. The van der Waals surface area contributed by atoms with Crippen LogP contribution in [0.15, 0.2) is 23.2 Å². The van der Waals surface area contributed by atoms with Crippen molar-refractivity contribution in [1.82, 2.24) is 24.7 Å². The molecule has 0 amide bonds. The van der Waals surface area contributed by atoms with Gasteiger partial charge >= 0.3 is 0 Å². The third-order valence-corrected chi connectivity index (χ3v) is 9.40. The van der Waals surface area contributed by atoms with Gasteiger partial charge in [0.05, 0.1) is 42.7 Å². The van der Waals surface area contributed by atoms with Crippen molar-refractivity contribution >= 4 is 38.0 Å². The Morgan fingerprint density at radius 3 is 2.49 bits per heavy atom. The summed E-state index contributed by atoms with van der Waals surface area (Å²) < 4.78 is 62.1. The summed E-state index contributed by atoms with van der Waals surface area (Å²) >= 11 is 0.698. The van der Waals surface area contributed by atoms with E-state index in [1.165, 1.54) is 10.7 Å². The average Bonchev–Trinajstić information content (AvgIpc) is 3.21. The van der Waals surface area contributed by atoms with E-state index < -0.39 is 27.1 Å². The Hall–Kier alpha value is -2.73. The number of piperidine rings is 1. The molecule has 3 aromatic rings. The van der Waals surface area contributed by atoms with Crippen LogP contribution in [0.1, 0.15) is 37.1 Å². The van der Waals surface area contributed by atoms with Gasteiger partial charge in [-0.2, -0.15) is 5.10 Å². The van der Waals surface area contributed by atoms with Crippen LogP contribution in [-0.4, -0.2) is 60.4 Å². The van der Waals surface area contributed by atoms with Gasteiger partial charge in [-0.3, -0.25) is 4.85 Å². The quantitative estimate of drug-likeness (QED) is 0.497. The highest BCUT2D eigenvalue weighted by Gasteiger charge is 2.54. The fraction of sp³-hybridized carbons (Fsp3) is 0.524. The van der Waals surface area contributed by atoms with Crippen molar-refractivity contribution in [3.8, 4) is 5.13 Å². The first-order valence-corrected chi connectivity index (χ1v) is 13.4. The van der Waals surface area contributed by atoms with Gasteiger partial charge in [-0.25, -0.2) is 28.5 Å². The van der Waals surface area contributed by atoms with Gasteiger partial charge in [0.25, 0.3) is 12.1 Å². The molecule has 14 heteroatoms. The summed E-state index contributed by atoms with van der Waals surface area (Å²) in [4.78, 5) is 5.57. The number of hydrogen-bond donors (Lipinski definition) is 1. The molecule has 3 aliphatic rings. The van der Waals surface area contributed by atoms with Crippen LogP contribution in [0.2, 0.25) is 0 Å². The van der Waals surface area contributed by atoms with Crippen molar-refractivity contribution in [3.63, 3.8) is 0 Å². The molecule has 4 heterocycles. The molecule has 1 spiro atoms. The fourth-order valence-electron chi connectivity index (χ4n) is 4.62. The van der Waals surface area contributed by atoms with Crippen molar-refractivity contribution in [2.45, 2.75) is 42.7 Å². The van der Waals surface area contributed by atoms with Gasteiger partial charge in [0.1, 0.15) is 0 Å². The van der Waals surface area contributed by atoms with Gasteiger partial charge in [-0.05, 0) is 25.0 Å². The lowest BCUT2D eigenvalue weighted by molar-refractivity contribution is -0.124. The number of ether oxygens (including phenoxy) is 1. The summed E-state index contributed by atoms with van der Waals surface area (Å²) in [6, 6.07) is 3.06. The van der Waals surface area contributed by atoms with Crippen LogP contribution in [0.4, 0.5) is 14.5 Å². The molecular formula is C21H21F2N7O3S2. The highest BCUT2D eigenvalue weighted by molar-refractivity contribution is 7.89. The van der Waals surface area contributed by atoms with Crippen molar-refractivity contribution in [1.29, 1.82) is 0 Å². The number of benzene rings is 1. The lowest BCUT2D eigenvalue weighted by Crippen LogP contribution is -2.51. The standard InChI is InChI=1S/C21H21F2N7O3S2/c1-24-21(2-3-21)28-35(31,32)13-8-15(29-6-4-20(5-7-29)11-33-12-20)14-10-25-30(16(14)9-13)19-27-26-18(34-19)17(22)23/h8-10,17,28H,2-7,11-12H2. The number of rotatable bonds is 6. The third-order valence-electron chi connectivity index (χ3n) is 6.99. The van der Waals surface area contributed by atoms with Gasteiger partial charge in [-0.15, -0.1) is 14.9 Å². The van der Waals surface area contributed by atoms with E-state index >= 15 is 0 Å². The van der Waals surface area contributed by atoms with E-state index in [-0.39, 0.29) is 15.4 Å². The van der Waals surface area contributed by atoms with E-state index in [1.54, 1.807) is 12.3 Å². The second-order valence-electron chi connectivity index (χ2n) is 9.38. The molecule has 2 aromatic heterocycles. The van der Waals surface area contributed by atoms with Crippen LogP contribution in [0.3, 0.4) is 0 Å². The largest absolute Gasteiger partial charge is 0.380 e. The summed E-state index contributed by atoms with van der Waals surface area (Å²) in [5, 5.41) is 12.1. The zero-order chi connectivity index (χ0) is 24.4. The number of fused-ring (bicyclic) bond motifs is 1. The van der Waals surface area contributed by atoms with Crippen LogP contribution in [-0.2, 0) is 14.8 Å². The van der Waals surface area contributed by atoms with Gasteiger partial charge in [0.15, 0.2) is 5.01 Å². The van der Waals surface area contributed by atoms with Crippen LogP contribution < -0.4 is 9.62 Å². The number of aromatic nitrogens is 4. The molecule has 1 aromatic carbocycles. The molecule has 2 saturated heterocycles. The molecule has 0 unspecified atom stereocenters. The maximum atomic E-state index is 13.3. The number of alkyl halides is 2. The molecular weight excluding hydrogens is 500 g/mol. The van der Waals surface area contributed by atoms with E-state index in [9.17, 15) is 17.2 Å². The van der Waals surface area contributed by atoms with Crippen LogP contribution >= 0.6 is 11.3 Å². The highest BCUT2D eigenvalue weighted by atomic mass is 32.2. The maximum Gasteiger partial charge on any atom is 0.299 e. The molecule has 1 N–H and O–H groups in total. The maximum absolute atomic E-state index is 13.3. The Bertz CT molecular complexity index is 1450. The Labute approximate surface area is 203 Å². The number of hydrogen-bond acceptors (Lipinski definition) is 8. The topological polar surface area (TPSA) is 107 Å². The van der Waals surface area contributed by atoms with E-state index in [2.05, 4.69) is 29.8 Å². The molecule has 3 fully saturated rings. The summed E-state index contributed by atoms with van der Waals surface area (Å²) in [5.74, 6) is 0. The summed E-state index contributed by atoms with van der Waals surface area (Å²) in [7, 11) is -4.03. The minimum atomic E-state index is -4.03. The van der Waals surface area contributed by atoms with Crippen LogP contribution in [0, 0.1) is 12.0 Å². The minimum absolute atomic E-state index is 0.0115. The number of nitrogens with one attached hydrogen (secondary N) is 1. The lowest BCUT2D eigenvalue weighted by atomic mass is 9.76. The molecule has 1 aliphatic carbocycles. The molecule has 6 rings (SSSR count). The lowest BCUT2D eigenvalue weighted by Gasteiger charge is -2.48. The third kappa shape index (κ3) is 3.86. The molecule has 35 heavy (non-hydrogen) atoms. The zero-order valence-electron chi connectivity index (χ0n) is 18.4. The predicted octanol–water partition coefficient (Wildman–Crippen LogP) is 3.12. The van der Waals surface area contributed by atoms with Crippen molar-refractivity contribution in [2.24, 2.45) is 5.41 Å². The fourth-order valence-corrected chi connectivity index (χ4v) is 6.69. The van der Waals surface area contributed by atoms with Crippen molar-refractivity contribution in [3.05, 3.63) is 34.8 Å². The molecule has 10 nitrogen and oxygen atoms in total. The van der Waals surface area contributed by atoms with Crippen molar-refractivity contribution in [2.75, 3.05) is 31.2 Å². The summed E-state index contributed by atoms with van der Waals surface area (Å²) in [6.45, 7) is 10.3. The predicted molar refractivity (Wildman–Crippen MR) is 123 cm³/mol. The molecule has 0 atom stereocenters. The van der Waals surface area contributed by atoms with Gasteiger partial charge in [0.2, 0.25) is 15.2 Å². The Balaban J connectivity index is 1.45. The highest BCUT2D eigenvalue weighted by Crippen LogP contribution is 2.42. The Morgan fingerprint density at radius 2 is 1.91 bits per heavy atom. The van der Waals surface area contributed by atoms with Crippen LogP contribution in [0.25, 0.3) is 20.9 Å². The first kappa shape index (κ1) is 22.7. The zero-order valence-corrected chi connectivity index (χ0v) is 20.1. The number of halogens is 2. The van der Waals surface area contributed by atoms with Crippen molar-refractivity contribution < 1.29 is 21.9 Å². The molecule has 0 bridgehead atoms. The van der Waals surface area contributed by atoms with E-state index in [0.717, 1.165) is 39.1 Å². The summed E-state index contributed by atoms with van der Waals surface area (Å²) in [6.07, 6.45) is 1.59. The average molecular weight is 522 g/mol. The normalized spacial score (nSPS) is 20.8. The second kappa shape index (κ2) is 7.89. The molecule has 0 radical (unpaired) electrons. The van der Waals surface area contributed by atoms with Gasteiger partial charge < -0.3 is 9.64 Å². The van der Waals surface area contributed by atoms with E-state index in [1.807, 2.05) is 0 Å². The first-order valence-electron chi connectivity index (χ1n) is 11.1. The molecule has 2 aliphatic heterocycles. The number of anilines is 1. The van der Waals surface area contributed by atoms with Crippen LogP contribution in [0.5, 0.6) is 0 Å². The monoisotopic (exact) mass is 521 g/mol. The Morgan fingerprint density at radius 1 is 1.17 bits per heavy atom.